The van der Waals surface area contributed by atoms with Crippen LogP contribution in [0.15, 0.2) is 30.3 Å². The zero-order valence-electron chi connectivity index (χ0n) is 11.0. The fraction of sp³-hybridized carbons (Fsp3) is 0.625. The first kappa shape index (κ1) is 12.6. The monoisotopic (exact) mass is 231 g/mol. The Labute approximate surface area is 106 Å². The highest BCUT2D eigenvalue weighted by atomic mass is 14.9. The lowest BCUT2D eigenvalue weighted by Gasteiger charge is -2.22. The summed E-state index contributed by atoms with van der Waals surface area (Å²) in [5, 5.41) is 3.53. The predicted molar refractivity (Wildman–Crippen MR) is 74.2 cm³/mol. The van der Waals surface area contributed by atoms with Gasteiger partial charge in [-0.15, -0.1) is 0 Å². The van der Waals surface area contributed by atoms with E-state index >= 15 is 0 Å². The van der Waals surface area contributed by atoms with E-state index in [-0.39, 0.29) is 0 Å². The zero-order chi connectivity index (χ0) is 11.9. The van der Waals surface area contributed by atoms with E-state index in [9.17, 15) is 0 Å². The van der Waals surface area contributed by atoms with Gasteiger partial charge in [0.25, 0.3) is 0 Å². The van der Waals surface area contributed by atoms with E-state index in [1.54, 1.807) is 0 Å². The minimum absolute atomic E-state index is 0.751. The van der Waals surface area contributed by atoms with Crippen LogP contribution in [0.1, 0.15) is 44.1 Å². The lowest BCUT2D eigenvalue weighted by Crippen LogP contribution is -2.32. The number of benzene rings is 1. The molecule has 0 radical (unpaired) electrons. The molecule has 1 aromatic carbocycles. The molecule has 1 N–H and O–H groups in total. The molecule has 0 saturated heterocycles. The van der Waals surface area contributed by atoms with Gasteiger partial charge in [-0.25, -0.2) is 0 Å². The van der Waals surface area contributed by atoms with Crippen molar-refractivity contribution in [3.63, 3.8) is 0 Å². The van der Waals surface area contributed by atoms with Crippen molar-refractivity contribution in [1.82, 2.24) is 5.32 Å². The second-order valence-electron chi connectivity index (χ2n) is 5.32. The summed E-state index contributed by atoms with van der Waals surface area (Å²) in [6.07, 6.45) is 9.64. The van der Waals surface area contributed by atoms with Gasteiger partial charge in [0.05, 0.1) is 0 Å². The topological polar surface area (TPSA) is 12.0 Å². The maximum atomic E-state index is 3.53. The highest BCUT2D eigenvalue weighted by molar-refractivity contribution is 5.14. The number of hydrogen-bond donors (Lipinski definition) is 1. The van der Waals surface area contributed by atoms with E-state index in [0.29, 0.717) is 0 Å². The molecule has 0 amide bonds. The highest BCUT2D eigenvalue weighted by Crippen LogP contribution is 2.29. The van der Waals surface area contributed by atoms with Crippen molar-refractivity contribution in [2.45, 2.75) is 51.0 Å². The SMILES string of the molecule is CNC(CCCc1ccccc1)C1CCCC1. The number of rotatable bonds is 6. The Kier molecular flexibility index (Phi) is 5.06. The average molecular weight is 231 g/mol. The molecule has 94 valence electrons. The fourth-order valence-electron chi connectivity index (χ4n) is 3.15. The number of nitrogens with one attached hydrogen (secondary N) is 1. The third-order valence-electron chi connectivity index (χ3n) is 4.16. The highest BCUT2D eigenvalue weighted by Gasteiger charge is 2.22. The first-order chi connectivity index (χ1) is 8.40. The molecule has 1 aromatic rings. The van der Waals surface area contributed by atoms with E-state index in [1.165, 1.54) is 50.5 Å². The smallest absolute Gasteiger partial charge is 0.00924 e. The van der Waals surface area contributed by atoms with Gasteiger partial charge >= 0.3 is 0 Å². The van der Waals surface area contributed by atoms with Crippen LogP contribution in [-0.2, 0) is 6.42 Å². The molecule has 0 aromatic heterocycles. The minimum Gasteiger partial charge on any atom is -0.317 e. The van der Waals surface area contributed by atoms with Gasteiger partial charge in [-0.1, -0.05) is 43.2 Å². The average Bonchev–Trinajstić information content (AvgIpc) is 2.90. The van der Waals surface area contributed by atoms with Crippen LogP contribution in [-0.4, -0.2) is 13.1 Å². The molecule has 1 heteroatoms. The largest absolute Gasteiger partial charge is 0.317 e. The van der Waals surface area contributed by atoms with E-state index in [2.05, 4.69) is 42.7 Å². The van der Waals surface area contributed by atoms with Crippen molar-refractivity contribution in [3.05, 3.63) is 35.9 Å². The van der Waals surface area contributed by atoms with Gasteiger partial charge < -0.3 is 5.32 Å². The molecule has 1 unspecified atom stereocenters. The first-order valence-electron chi connectivity index (χ1n) is 7.11. The second-order valence-corrected chi connectivity index (χ2v) is 5.32. The Hall–Kier alpha value is -0.820. The van der Waals surface area contributed by atoms with Crippen LogP contribution in [0.2, 0.25) is 0 Å². The maximum Gasteiger partial charge on any atom is 0.00924 e. The molecule has 1 saturated carbocycles. The van der Waals surface area contributed by atoms with Crippen LogP contribution in [0.25, 0.3) is 0 Å². The molecule has 1 aliphatic carbocycles. The van der Waals surface area contributed by atoms with E-state index in [0.717, 1.165) is 12.0 Å². The summed E-state index contributed by atoms with van der Waals surface area (Å²) < 4.78 is 0. The number of hydrogen-bond acceptors (Lipinski definition) is 1. The standard InChI is InChI=1S/C16H25N/c1-17-16(15-11-5-6-12-15)13-7-10-14-8-3-2-4-9-14/h2-4,8-9,15-17H,5-7,10-13H2,1H3. The summed E-state index contributed by atoms with van der Waals surface area (Å²) in [7, 11) is 2.13. The van der Waals surface area contributed by atoms with Gasteiger partial charge in [0.15, 0.2) is 0 Å². The summed E-state index contributed by atoms with van der Waals surface area (Å²) in [6.45, 7) is 0. The molecule has 0 aliphatic heterocycles. The van der Waals surface area contributed by atoms with Crippen molar-refractivity contribution in [1.29, 1.82) is 0 Å². The Morgan fingerprint density at radius 3 is 2.53 bits per heavy atom. The van der Waals surface area contributed by atoms with E-state index in [4.69, 9.17) is 0 Å². The van der Waals surface area contributed by atoms with Gasteiger partial charge in [-0.05, 0) is 50.6 Å². The molecular weight excluding hydrogens is 206 g/mol. The molecule has 1 fully saturated rings. The van der Waals surface area contributed by atoms with Crippen LogP contribution in [0.3, 0.4) is 0 Å². The van der Waals surface area contributed by atoms with Crippen LogP contribution in [0, 0.1) is 5.92 Å². The molecule has 1 atom stereocenters. The van der Waals surface area contributed by atoms with Crippen molar-refractivity contribution < 1.29 is 0 Å². The molecule has 0 bridgehead atoms. The van der Waals surface area contributed by atoms with Crippen molar-refractivity contribution in [2.24, 2.45) is 5.92 Å². The minimum atomic E-state index is 0.751. The van der Waals surface area contributed by atoms with Gasteiger partial charge in [-0.2, -0.15) is 0 Å². The molecule has 1 nitrogen and oxygen atoms in total. The van der Waals surface area contributed by atoms with Gasteiger partial charge in [0.2, 0.25) is 0 Å². The first-order valence-corrected chi connectivity index (χ1v) is 7.11. The summed E-state index contributed by atoms with van der Waals surface area (Å²) in [6, 6.07) is 11.6. The van der Waals surface area contributed by atoms with Gasteiger partial charge in [-0.3, -0.25) is 0 Å². The third-order valence-corrected chi connectivity index (χ3v) is 4.16. The summed E-state index contributed by atoms with van der Waals surface area (Å²) in [5.41, 5.74) is 1.48. The lowest BCUT2D eigenvalue weighted by atomic mass is 9.93. The molecular formula is C16H25N. The summed E-state index contributed by atoms with van der Waals surface area (Å²) >= 11 is 0. The van der Waals surface area contributed by atoms with E-state index in [1.807, 2.05) is 0 Å². The Morgan fingerprint density at radius 2 is 1.88 bits per heavy atom. The molecule has 2 rings (SSSR count). The van der Waals surface area contributed by atoms with Gasteiger partial charge in [0.1, 0.15) is 0 Å². The quantitative estimate of drug-likeness (QED) is 0.785. The lowest BCUT2D eigenvalue weighted by molar-refractivity contribution is 0.353. The van der Waals surface area contributed by atoms with Crippen LogP contribution in [0.5, 0.6) is 0 Å². The fourth-order valence-corrected chi connectivity index (χ4v) is 3.15. The Bertz CT molecular complexity index is 301. The van der Waals surface area contributed by atoms with Crippen LogP contribution in [0.4, 0.5) is 0 Å². The predicted octanol–water partition coefficient (Wildman–Crippen LogP) is 3.79. The number of aryl methyl sites for hydroxylation is 1. The second kappa shape index (κ2) is 6.80. The zero-order valence-corrected chi connectivity index (χ0v) is 11.0. The van der Waals surface area contributed by atoms with Crippen molar-refractivity contribution in [3.8, 4) is 0 Å². The Balaban J connectivity index is 1.72. The molecule has 17 heavy (non-hydrogen) atoms. The maximum absolute atomic E-state index is 3.53. The third kappa shape index (κ3) is 3.85. The van der Waals surface area contributed by atoms with E-state index < -0.39 is 0 Å². The normalized spacial score (nSPS) is 18.4. The van der Waals surface area contributed by atoms with Crippen molar-refractivity contribution in [2.75, 3.05) is 7.05 Å². The summed E-state index contributed by atoms with van der Waals surface area (Å²) in [4.78, 5) is 0. The molecule has 1 aliphatic rings. The van der Waals surface area contributed by atoms with Gasteiger partial charge in [0, 0.05) is 6.04 Å². The summed E-state index contributed by atoms with van der Waals surface area (Å²) in [5.74, 6) is 0.941. The Morgan fingerprint density at radius 1 is 1.18 bits per heavy atom. The van der Waals surface area contributed by atoms with Crippen LogP contribution < -0.4 is 5.32 Å². The molecule has 0 heterocycles. The van der Waals surface area contributed by atoms with Crippen LogP contribution >= 0.6 is 0 Å². The molecule has 0 spiro atoms. The van der Waals surface area contributed by atoms with Crippen molar-refractivity contribution >= 4 is 0 Å².